The Morgan fingerprint density at radius 1 is 0.677 bits per heavy atom. The van der Waals surface area contributed by atoms with E-state index in [1.54, 1.807) is 21.3 Å². The first-order valence-corrected chi connectivity index (χ1v) is 10.3. The molecule has 0 aliphatic carbocycles. The first-order chi connectivity index (χ1) is 15.1. The quantitative estimate of drug-likeness (QED) is 0.503. The van der Waals surface area contributed by atoms with Gasteiger partial charge in [0.1, 0.15) is 22.8 Å². The van der Waals surface area contributed by atoms with Gasteiger partial charge in [-0.05, 0) is 65.9 Å². The van der Waals surface area contributed by atoms with Gasteiger partial charge in [0.25, 0.3) is 0 Å². The van der Waals surface area contributed by atoms with Gasteiger partial charge in [-0.25, -0.2) is 0 Å². The van der Waals surface area contributed by atoms with Crippen LogP contribution in [0, 0.1) is 0 Å². The molecule has 0 aromatic heterocycles. The molecular weight excluding hydrogens is 392 g/mol. The van der Waals surface area contributed by atoms with E-state index < -0.39 is 5.60 Å². The van der Waals surface area contributed by atoms with Crippen LogP contribution in [0.2, 0.25) is 0 Å². The largest absolute Gasteiger partial charge is 0.497 e. The maximum atomic E-state index is 12.4. The molecule has 0 radical (unpaired) electrons. The molecule has 0 aliphatic heterocycles. The molecule has 5 heteroatoms. The predicted octanol–water partition coefficient (Wildman–Crippen LogP) is 4.50. The second-order valence-corrected chi connectivity index (χ2v) is 7.41. The number of hydrogen-bond acceptors (Lipinski definition) is 5. The highest BCUT2D eigenvalue weighted by atomic mass is 16.5. The van der Waals surface area contributed by atoms with Gasteiger partial charge in [0, 0.05) is 12.5 Å². The van der Waals surface area contributed by atoms with Crippen molar-refractivity contribution in [3.05, 3.63) is 89.5 Å². The normalized spacial score (nSPS) is 12.3. The van der Waals surface area contributed by atoms with E-state index in [0.717, 1.165) is 33.9 Å². The van der Waals surface area contributed by atoms with E-state index in [0.29, 0.717) is 12.8 Å². The minimum absolute atomic E-state index is 0.0496. The smallest absolute Gasteiger partial charge is 0.121 e. The van der Waals surface area contributed by atoms with E-state index >= 15 is 0 Å². The van der Waals surface area contributed by atoms with Crippen molar-refractivity contribution in [3.8, 4) is 17.2 Å². The van der Waals surface area contributed by atoms with Crippen LogP contribution in [-0.4, -0.2) is 38.1 Å². The van der Waals surface area contributed by atoms with Gasteiger partial charge >= 0.3 is 0 Å². The Hall–Kier alpha value is -3.02. The monoisotopic (exact) mass is 422 g/mol. The minimum Gasteiger partial charge on any atom is -0.497 e. The average Bonchev–Trinajstić information content (AvgIpc) is 2.84. The molecule has 3 rings (SSSR count). The summed E-state index contributed by atoms with van der Waals surface area (Å²) in [5, 5.41) is 21.9. The predicted molar refractivity (Wildman–Crippen MR) is 121 cm³/mol. The Kier molecular flexibility index (Phi) is 7.55. The van der Waals surface area contributed by atoms with Gasteiger partial charge in [0.05, 0.1) is 21.3 Å². The Morgan fingerprint density at radius 2 is 1.06 bits per heavy atom. The number of benzene rings is 3. The summed E-state index contributed by atoms with van der Waals surface area (Å²) >= 11 is 0. The number of methoxy groups -OCH3 is 3. The third-order valence-electron chi connectivity index (χ3n) is 5.73. The number of ether oxygens (including phenoxy) is 3. The zero-order valence-electron chi connectivity index (χ0n) is 18.2. The highest BCUT2D eigenvalue weighted by Gasteiger charge is 2.41. The Balaban J connectivity index is 2.17. The molecule has 0 fully saturated rings. The van der Waals surface area contributed by atoms with Gasteiger partial charge in [-0.3, -0.25) is 0 Å². The van der Waals surface area contributed by atoms with E-state index in [-0.39, 0.29) is 12.5 Å². The van der Waals surface area contributed by atoms with Crippen molar-refractivity contribution in [1.29, 1.82) is 0 Å². The summed E-state index contributed by atoms with van der Waals surface area (Å²) in [6, 6.07) is 22.7. The molecule has 1 atom stereocenters. The van der Waals surface area contributed by atoms with E-state index in [1.165, 1.54) is 0 Å². The van der Waals surface area contributed by atoms with Crippen molar-refractivity contribution < 1.29 is 24.4 Å². The van der Waals surface area contributed by atoms with Crippen LogP contribution >= 0.6 is 0 Å². The maximum Gasteiger partial charge on any atom is 0.121 e. The van der Waals surface area contributed by atoms with Crippen molar-refractivity contribution in [2.45, 2.75) is 24.4 Å². The molecule has 0 saturated heterocycles. The second-order valence-electron chi connectivity index (χ2n) is 7.41. The van der Waals surface area contributed by atoms with Crippen LogP contribution in [0.5, 0.6) is 17.2 Å². The first-order valence-electron chi connectivity index (χ1n) is 10.3. The number of aliphatic hydroxyl groups excluding tert-OH is 1. The second kappa shape index (κ2) is 10.3. The number of hydrogen-bond donors (Lipinski definition) is 2. The molecule has 0 aliphatic rings. The van der Waals surface area contributed by atoms with Crippen LogP contribution in [0.1, 0.15) is 35.4 Å². The molecule has 31 heavy (non-hydrogen) atoms. The summed E-state index contributed by atoms with van der Waals surface area (Å²) in [6.45, 7) is 0.0496. The lowest BCUT2D eigenvalue weighted by molar-refractivity contribution is 0.0434. The van der Waals surface area contributed by atoms with Crippen LogP contribution in [0.25, 0.3) is 0 Å². The molecule has 1 unspecified atom stereocenters. The van der Waals surface area contributed by atoms with E-state index in [4.69, 9.17) is 14.2 Å². The molecule has 0 saturated carbocycles. The molecule has 3 aromatic rings. The lowest BCUT2D eigenvalue weighted by atomic mass is 9.71. The van der Waals surface area contributed by atoms with Gasteiger partial charge in [-0.2, -0.15) is 0 Å². The SMILES string of the molecule is COc1ccc(C(CCCO)C(O)(c2ccc(OC)cc2)c2ccc(OC)cc2)cc1. The van der Waals surface area contributed by atoms with Crippen LogP contribution in [0.3, 0.4) is 0 Å². The summed E-state index contributed by atoms with van der Waals surface area (Å²) in [4.78, 5) is 0. The van der Waals surface area contributed by atoms with E-state index in [1.807, 2.05) is 72.8 Å². The van der Waals surface area contributed by atoms with Crippen molar-refractivity contribution in [1.82, 2.24) is 0 Å². The lowest BCUT2D eigenvalue weighted by Crippen LogP contribution is -2.35. The van der Waals surface area contributed by atoms with Gasteiger partial charge in [-0.1, -0.05) is 36.4 Å². The Morgan fingerprint density at radius 3 is 1.42 bits per heavy atom. The van der Waals surface area contributed by atoms with Crippen LogP contribution in [0.4, 0.5) is 0 Å². The van der Waals surface area contributed by atoms with Crippen LogP contribution < -0.4 is 14.2 Å². The highest BCUT2D eigenvalue weighted by Crippen LogP contribution is 2.46. The van der Waals surface area contributed by atoms with Crippen molar-refractivity contribution in [2.24, 2.45) is 0 Å². The number of aliphatic hydroxyl groups is 2. The summed E-state index contributed by atoms with van der Waals surface area (Å²) in [6.07, 6.45) is 1.16. The molecule has 3 aromatic carbocycles. The lowest BCUT2D eigenvalue weighted by Gasteiger charge is -2.38. The summed E-state index contributed by atoms with van der Waals surface area (Å²) in [5.74, 6) is 1.89. The molecular formula is C26H30O5. The van der Waals surface area contributed by atoms with Gasteiger partial charge in [0.2, 0.25) is 0 Å². The van der Waals surface area contributed by atoms with Crippen LogP contribution in [-0.2, 0) is 5.60 Å². The minimum atomic E-state index is -1.33. The topological polar surface area (TPSA) is 68.2 Å². The molecule has 0 bridgehead atoms. The van der Waals surface area contributed by atoms with Crippen molar-refractivity contribution in [2.75, 3.05) is 27.9 Å². The van der Waals surface area contributed by atoms with Gasteiger partial charge in [0.15, 0.2) is 0 Å². The van der Waals surface area contributed by atoms with E-state index in [9.17, 15) is 10.2 Å². The Bertz CT molecular complexity index is 886. The van der Waals surface area contributed by atoms with Crippen molar-refractivity contribution in [3.63, 3.8) is 0 Å². The molecule has 164 valence electrons. The van der Waals surface area contributed by atoms with Crippen molar-refractivity contribution >= 4 is 0 Å². The fourth-order valence-corrected chi connectivity index (χ4v) is 4.01. The zero-order chi connectivity index (χ0) is 22.3. The highest BCUT2D eigenvalue weighted by molar-refractivity contribution is 5.45. The molecule has 0 amide bonds. The van der Waals surface area contributed by atoms with Gasteiger partial charge < -0.3 is 24.4 Å². The summed E-state index contributed by atoms with van der Waals surface area (Å²) < 4.78 is 15.9. The fourth-order valence-electron chi connectivity index (χ4n) is 4.01. The van der Waals surface area contributed by atoms with E-state index in [2.05, 4.69) is 0 Å². The zero-order valence-corrected chi connectivity index (χ0v) is 18.2. The number of rotatable bonds is 10. The summed E-state index contributed by atoms with van der Waals surface area (Å²) in [7, 11) is 4.86. The molecule has 0 spiro atoms. The Labute approximate surface area is 183 Å². The average molecular weight is 423 g/mol. The van der Waals surface area contributed by atoms with Crippen LogP contribution in [0.15, 0.2) is 72.8 Å². The molecule has 0 heterocycles. The third kappa shape index (κ3) is 4.84. The maximum absolute atomic E-state index is 12.4. The first kappa shape index (κ1) is 22.7. The van der Waals surface area contributed by atoms with Gasteiger partial charge in [-0.15, -0.1) is 0 Å². The molecule has 5 nitrogen and oxygen atoms in total. The fraction of sp³-hybridized carbons (Fsp3) is 0.308. The molecule has 2 N–H and O–H groups in total. The third-order valence-corrected chi connectivity index (χ3v) is 5.73. The summed E-state index contributed by atoms with van der Waals surface area (Å²) in [5.41, 5.74) is 1.13. The standard InChI is InChI=1S/C26H30O5/c1-29-22-12-6-19(7-13-22)25(5-4-18-27)26(28,20-8-14-23(30-2)15-9-20)21-10-16-24(31-3)17-11-21/h6-17,25,27-28H,4-5,18H2,1-3H3.